The van der Waals surface area contributed by atoms with Gasteiger partial charge in [-0.1, -0.05) is 24.8 Å². The van der Waals surface area contributed by atoms with E-state index in [9.17, 15) is 4.79 Å². The number of pyridine rings is 1. The van der Waals surface area contributed by atoms with E-state index in [0.29, 0.717) is 30.5 Å². The van der Waals surface area contributed by atoms with Gasteiger partial charge in [-0.25, -0.2) is 9.97 Å². The van der Waals surface area contributed by atoms with Crippen LogP contribution in [0, 0.1) is 0 Å². The standard InChI is InChI=1S/C18H17N5O2/c1-2-16(24)23-8-7-13(10-23)25-18-14-6-4-3-5-12(14)9-15(21-18)17-19-11-20-22-17/h2-6,9,11,13H,1,7-8,10H2,(H,19,20,22)/t13-/m0/s1. The molecule has 4 rings (SSSR count). The van der Waals surface area contributed by atoms with Crippen molar-refractivity contribution in [1.82, 2.24) is 25.1 Å². The maximum atomic E-state index is 11.8. The zero-order valence-corrected chi connectivity index (χ0v) is 13.6. The van der Waals surface area contributed by atoms with Gasteiger partial charge in [0, 0.05) is 18.4 Å². The van der Waals surface area contributed by atoms with Gasteiger partial charge >= 0.3 is 0 Å². The number of aromatic nitrogens is 4. The summed E-state index contributed by atoms with van der Waals surface area (Å²) in [5.41, 5.74) is 0.670. The third kappa shape index (κ3) is 2.96. The number of hydrogen-bond acceptors (Lipinski definition) is 5. The Morgan fingerprint density at radius 3 is 3.08 bits per heavy atom. The molecule has 0 bridgehead atoms. The van der Waals surface area contributed by atoms with E-state index < -0.39 is 0 Å². The summed E-state index contributed by atoms with van der Waals surface area (Å²) in [5, 5.41) is 8.65. The number of hydrogen-bond donors (Lipinski definition) is 1. The monoisotopic (exact) mass is 335 g/mol. The summed E-state index contributed by atoms with van der Waals surface area (Å²) < 4.78 is 6.15. The molecule has 0 radical (unpaired) electrons. The zero-order chi connectivity index (χ0) is 17.2. The number of amides is 1. The van der Waals surface area contributed by atoms with Crippen molar-refractivity contribution in [3.63, 3.8) is 0 Å². The molecule has 1 atom stereocenters. The van der Waals surface area contributed by atoms with Crippen LogP contribution < -0.4 is 4.74 Å². The van der Waals surface area contributed by atoms with Gasteiger partial charge in [0.2, 0.25) is 11.8 Å². The van der Waals surface area contributed by atoms with E-state index in [-0.39, 0.29) is 12.0 Å². The lowest BCUT2D eigenvalue weighted by atomic mass is 10.1. The Balaban J connectivity index is 1.67. The SMILES string of the molecule is C=CC(=O)N1CC[C@H](Oc2nc(-c3ncn[nH]3)cc3ccccc23)C1. The molecule has 1 fully saturated rings. The molecule has 1 amide bonds. The third-order valence-corrected chi connectivity index (χ3v) is 4.27. The van der Waals surface area contributed by atoms with Crippen LogP contribution in [0.4, 0.5) is 0 Å². The fourth-order valence-electron chi connectivity index (χ4n) is 3.02. The van der Waals surface area contributed by atoms with Crippen molar-refractivity contribution in [2.75, 3.05) is 13.1 Å². The van der Waals surface area contributed by atoms with Crippen LogP contribution in [-0.4, -0.2) is 50.2 Å². The van der Waals surface area contributed by atoms with Crippen molar-refractivity contribution in [3.05, 3.63) is 49.3 Å². The summed E-state index contributed by atoms with van der Waals surface area (Å²) in [4.78, 5) is 22.3. The molecular weight excluding hydrogens is 318 g/mol. The van der Waals surface area contributed by atoms with Gasteiger partial charge in [0.15, 0.2) is 5.82 Å². The number of benzene rings is 1. The highest BCUT2D eigenvalue weighted by molar-refractivity contribution is 5.89. The highest BCUT2D eigenvalue weighted by Gasteiger charge is 2.27. The van der Waals surface area contributed by atoms with Crippen LogP contribution >= 0.6 is 0 Å². The molecule has 3 aromatic rings. The average Bonchev–Trinajstić information content (AvgIpc) is 3.33. The van der Waals surface area contributed by atoms with Crippen LogP contribution in [-0.2, 0) is 4.79 Å². The Bertz CT molecular complexity index is 922. The third-order valence-electron chi connectivity index (χ3n) is 4.27. The molecule has 7 heteroatoms. The smallest absolute Gasteiger partial charge is 0.246 e. The summed E-state index contributed by atoms with van der Waals surface area (Å²) in [7, 11) is 0. The molecule has 1 aromatic carbocycles. The maximum absolute atomic E-state index is 11.8. The molecular formula is C18H17N5O2. The van der Waals surface area contributed by atoms with Gasteiger partial charge in [0.25, 0.3) is 0 Å². The van der Waals surface area contributed by atoms with Gasteiger partial charge < -0.3 is 9.64 Å². The van der Waals surface area contributed by atoms with Gasteiger partial charge in [-0.2, -0.15) is 5.10 Å². The van der Waals surface area contributed by atoms with E-state index in [1.807, 2.05) is 30.3 Å². The maximum Gasteiger partial charge on any atom is 0.246 e. The molecule has 126 valence electrons. The minimum absolute atomic E-state index is 0.0701. The number of carbonyl (C=O) groups is 1. The van der Waals surface area contributed by atoms with Crippen molar-refractivity contribution in [2.24, 2.45) is 0 Å². The predicted octanol–water partition coefficient (Wildman–Crippen LogP) is 2.19. The molecule has 0 unspecified atom stereocenters. The number of nitrogens with zero attached hydrogens (tertiary/aromatic N) is 4. The molecule has 0 spiro atoms. The summed E-state index contributed by atoms with van der Waals surface area (Å²) in [5.74, 6) is 1.06. The van der Waals surface area contributed by atoms with Crippen molar-refractivity contribution >= 4 is 16.7 Å². The average molecular weight is 335 g/mol. The van der Waals surface area contributed by atoms with Gasteiger partial charge in [-0.3, -0.25) is 9.89 Å². The van der Waals surface area contributed by atoms with Crippen molar-refractivity contribution in [3.8, 4) is 17.4 Å². The fraction of sp³-hybridized carbons (Fsp3) is 0.222. The molecule has 25 heavy (non-hydrogen) atoms. The van der Waals surface area contributed by atoms with Crippen LogP contribution in [0.5, 0.6) is 5.88 Å². The van der Waals surface area contributed by atoms with Gasteiger partial charge in [0.1, 0.15) is 18.1 Å². The Morgan fingerprint density at radius 1 is 1.40 bits per heavy atom. The Morgan fingerprint density at radius 2 is 2.28 bits per heavy atom. The van der Waals surface area contributed by atoms with Crippen LogP contribution in [0.3, 0.4) is 0 Å². The highest BCUT2D eigenvalue weighted by Crippen LogP contribution is 2.29. The number of H-pyrrole nitrogens is 1. The summed E-state index contributed by atoms with van der Waals surface area (Å²) in [6, 6.07) is 9.85. The van der Waals surface area contributed by atoms with Gasteiger partial charge in [-0.15, -0.1) is 0 Å². The number of likely N-dealkylation sites (tertiary alicyclic amines) is 1. The predicted molar refractivity (Wildman–Crippen MR) is 92.9 cm³/mol. The van der Waals surface area contributed by atoms with E-state index in [1.165, 1.54) is 12.4 Å². The molecule has 0 saturated carbocycles. The second kappa shape index (κ2) is 6.35. The van der Waals surface area contributed by atoms with E-state index in [2.05, 4.69) is 26.7 Å². The fourth-order valence-corrected chi connectivity index (χ4v) is 3.02. The number of carbonyl (C=O) groups excluding carboxylic acids is 1. The normalized spacial score (nSPS) is 17.0. The van der Waals surface area contributed by atoms with Gasteiger partial charge in [0.05, 0.1) is 6.54 Å². The quantitative estimate of drug-likeness (QED) is 0.739. The molecule has 1 aliphatic heterocycles. The molecule has 7 nitrogen and oxygen atoms in total. The Hall–Kier alpha value is -3.22. The molecule has 2 aromatic heterocycles. The Labute approximate surface area is 144 Å². The highest BCUT2D eigenvalue weighted by atomic mass is 16.5. The second-order valence-corrected chi connectivity index (χ2v) is 5.88. The molecule has 3 heterocycles. The van der Waals surface area contributed by atoms with Crippen molar-refractivity contribution in [1.29, 1.82) is 0 Å². The second-order valence-electron chi connectivity index (χ2n) is 5.88. The summed E-state index contributed by atoms with van der Waals surface area (Å²) in [6.45, 7) is 4.73. The van der Waals surface area contributed by atoms with Crippen LogP contribution in [0.15, 0.2) is 49.3 Å². The summed E-state index contributed by atoms with van der Waals surface area (Å²) >= 11 is 0. The van der Waals surface area contributed by atoms with Crippen LogP contribution in [0.2, 0.25) is 0 Å². The number of ether oxygens (including phenoxy) is 1. The topological polar surface area (TPSA) is 84.0 Å². The van der Waals surface area contributed by atoms with E-state index in [0.717, 1.165) is 17.2 Å². The molecule has 1 saturated heterocycles. The number of nitrogens with one attached hydrogen (secondary N) is 1. The number of aromatic amines is 1. The Kier molecular flexibility index (Phi) is 3.89. The molecule has 0 aliphatic carbocycles. The van der Waals surface area contributed by atoms with Crippen molar-refractivity contribution < 1.29 is 9.53 Å². The van der Waals surface area contributed by atoms with E-state index >= 15 is 0 Å². The lowest BCUT2D eigenvalue weighted by molar-refractivity contribution is -0.125. The van der Waals surface area contributed by atoms with Gasteiger partial charge in [-0.05, 0) is 23.6 Å². The summed E-state index contributed by atoms with van der Waals surface area (Å²) in [6.07, 6.45) is 3.45. The van der Waals surface area contributed by atoms with E-state index in [1.54, 1.807) is 4.90 Å². The first-order valence-corrected chi connectivity index (χ1v) is 8.08. The first kappa shape index (κ1) is 15.3. The van der Waals surface area contributed by atoms with Crippen LogP contribution in [0.25, 0.3) is 22.3 Å². The minimum Gasteiger partial charge on any atom is -0.472 e. The zero-order valence-electron chi connectivity index (χ0n) is 13.6. The first-order chi connectivity index (χ1) is 12.2. The lowest BCUT2D eigenvalue weighted by Gasteiger charge is -2.16. The lowest BCUT2D eigenvalue weighted by Crippen LogP contribution is -2.29. The largest absolute Gasteiger partial charge is 0.472 e. The number of fused-ring (bicyclic) bond motifs is 1. The van der Waals surface area contributed by atoms with Crippen molar-refractivity contribution in [2.45, 2.75) is 12.5 Å². The van der Waals surface area contributed by atoms with E-state index in [4.69, 9.17) is 4.74 Å². The minimum atomic E-state index is -0.0928. The molecule has 1 aliphatic rings. The van der Waals surface area contributed by atoms with Crippen LogP contribution in [0.1, 0.15) is 6.42 Å². The number of rotatable bonds is 4. The molecule has 1 N–H and O–H groups in total. The first-order valence-electron chi connectivity index (χ1n) is 8.08.